The summed E-state index contributed by atoms with van der Waals surface area (Å²) in [5.74, 6) is -0.253. The van der Waals surface area contributed by atoms with Crippen molar-refractivity contribution in [3.8, 4) is 0 Å². The van der Waals surface area contributed by atoms with E-state index in [2.05, 4.69) is 5.32 Å². The Labute approximate surface area is 148 Å². The lowest BCUT2D eigenvalue weighted by molar-refractivity contribution is 0.102. The summed E-state index contributed by atoms with van der Waals surface area (Å²) in [6.45, 7) is 5.07. The van der Waals surface area contributed by atoms with Crippen molar-refractivity contribution in [2.24, 2.45) is 0 Å². The number of hydrogen-bond donors (Lipinski definition) is 1. The Hall–Kier alpha value is -2.18. The van der Waals surface area contributed by atoms with E-state index in [9.17, 15) is 13.2 Å². The van der Waals surface area contributed by atoms with Gasteiger partial charge in [0, 0.05) is 24.3 Å². The Bertz CT molecular complexity index is 883. The van der Waals surface area contributed by atoms with Gasteiger partial charge in [-0.2, -0.15) is 4.31 Å². The third-order valence-electron chi connectivity index (χ3n) is 4.45. The zero-order valence-corrected chi connectivity index (χ0v) is 15.3. The number of nitrogens with one attached hydrogen (secondary N) is 1. The van der Waals surface area contributed by atoms with Crippen molar-refractivity contribution in [3.05, 3.63) is 59.2 Å². The molecule has 0 unspecified atom stereocenters. The van der Waals surface area contributed by atoms with Gasteiger partial charge in [-0.1, -0.05) is 17.7 Å². The second-order valence-electron chi connectivity index (χ2n) is 6.41. The smallest absolute Gasteiger partial charge is 0.255 e. The normalized spacial score (nSPS) is 15.3. The van der Waals surface area contributed by atoms with Gasteiger partial charge in [0.15, 0.2) is 0 Å². The minimum Gasteiger partial charge on any atom is -0.322 e. The van der Waals surface area contributed by atoms with Gasteiger partial charge in [0.1, 0.15) is 0 Å². The highest BCUT2D eigenvalue weighted by molar-refractivity contribution is 7.89. The fourth-order valence-electron chi connectivity index (χ4n) is 3.00. The number of aryl methyl sites for hydroxylation is 2. The van der Waals surface area contributed by atoms with E-state index in [-0.39, 0.29) is 10.8 Å². The van der Waals surface area contributed by atoms with Gasteiger partial charge in [-0.05, 0) is 62.6 Å². The molecule has 1 saturated heterocycles. The van der Waals surface area contributed by atoms with Crippen LogP contribution in [-0.4, -0.2) is 31.7 Å². The number of anilines is 1. The maximum Gasteiger partial charge on any atom is 0.255 e. The molecule has 0 spiro atoms. The van der Waals surface area contributed by atoms with E-state index in [1.165, 1.54) is 16.4 Å². The maximum absolute atomic E-state index is 12.5. The van der Waals surface area contributed by atoms with Gasteiger partial charge in [0.25, 0.3) is 5.91 Å². The molecule has 132 valence electrons. The molecule has 0 bridgehead atoms. The van der Waals surface area contributed by atoms with Gasteiger partial charge in [-0.25, -0.2) is 8.42 Å². The Kier molecular flexibility index (Phi) is 4.92. The van der Waals surface area contributed by atoms with Crippen molar-refractivity contribution >= 4 is 21.6 Å². The van der Waals surface area contributed by atoms with Gasteiger partial charge in [0.05, 0.1) is 4.90 Å². The van der Waals surface area contributed by atoms with Crippen molar-refractivity contribution in [2.75, 3.05) is 18.4 Å². The van der Waals surface area contributed by atoms with E-state index in [4.69, 9.17) is 0 Å². The lowest BCUT2D eigenvalue weighted by Crippen LogP contribution is -2.27. The summed E-state index contributed by atoms with van der Waals surface area (Å²) in [5.41, 5.74) is 3.30. The number of sulfonamides is 1. The lowest BCUT2D eigenvalue weighted by Gasteiger charge is -2.15. The van der Waals surface area contributed by atoms with E-state index >= 15 is 0 Å². The number of carbonyl (C=O) groups excluding carboxylic acids is 1. The monoisotopic (exact) mass is 358 g/mol. The van der Waals surface area contributed by atoms with Crippen LogP contribution in [0, 0.1) is 13.8 Å². The molecule has 1 fully saturated rings. The molecule has 0 radical (unpaired) electrons. The van der Waals surface area contributed by atoms with Crippen LogP contribution >= 0.6 is 0 Å². The van der Waals surface area contributed by atoms with Crippen LogP contribution < -0.4 is 5.32 Å². The first-order valence-electron chi connectivity index (χ1n) is 8.37. The molecule has 1 heterocycles. The standard InChI is InChI=1S/C19H22N2O3S/c1-14-5-10-18(15(2)13-14)20-19(22)16-6-8-17(9-7-16)25(23,24)21-11-3-4-12-21/h5-10,13H,3-4,11-12H2,1-2H3,(H,20,22). The SMILES string of the molecule is Cc1ccc(NC(=O)c2ccc(S(=O)(=O)N3CCCC3)cc2)c(C)c1. The Morgan fingerprint density at radius 2 is 1.64 bits per heavy atom. The number of nitrogens with zero attached hydrogens (tertiary/aromatic N) is 1. The van der Waals surface area contributed by atoms with Crippen LogP contribution in [0.4, 0.5) is 5.69 Å². The van der Waals surface area contributed by atoms with E-state index in [0.29, 0.717) is 18.7 Å². The summed E-state index contributed by atoms with van der Waals surface area (Å²) in [7, 11) is -3.45. The van der Waals surface area contributed by atoms with Crippen molar-refractivity contribution in [1.29, 1.82) is 0 Å². The summed E-state index contributed by atoms with van der Waals surface area (Å²) in [6.07, 6.45) is 1.80. The largest absolute Gasteiger partial charge is 0.322 e. The first-order chi connectivity index (χ1) is 11.9. The average molecular weight is 358 g/mol. The highest BCUT2D eigenvalue weighted by Gasteiger charge is 2.27. The molecular weight excluding hydrogens is 336 g/mol. The van der Waals surface area contributed by atoms with Gasteiger partial charge >= 0.3 is 0 Å². The number of carbonyl (C=O) groups is 1. The summed E-state index contributed by atoms with van der Waals surface area (Å²) in [4.78, 5) is 12.6. The van der Waals surface area contributed by atoms with Gasteiger partial charge in [-0.15, -0.1) is 0 Å². The van der Waals surface area contributed by atoms with Crippen LogP contribution in [0.25, 0.3) is 0 Å². The van der Waals surface area contributed by atoms with Gasteiger partial charge < -0.3 is 5.32 Å². The second-order valence-corrected chi connectivity index (χ2v) is 8.35. The third kappa shape index (κ3) is 3.75. The molecule has 1 aliphatic heterocycles. The number of benzene rings is 2. The fourth-order valence-corrected chi connectivity index (χ4v) is 4.52. The first-order valence-corrected chi connectivity index (χ1v) is 9.81. The molecule has 1 amide bonds. The summed E-state index contributed by atoms with van der Waals surface area (Å²) in [6, 6.07) is 11.9. The van der Waals surface area contributed by atoms with Crippen LogP contribution in [0.15, 0.2) is 47.4 Å². The maximum atomic E-state index is 12.5. The summed E-state index contributed by atoms with van der Waals surface area (Å²) in [5, 5.41) is 2.87. The first kappa shape index (κ1) is 17.6. The molecule has 2 aromatic rings. The molecule has 0 aromatic heterocycles. The molecule has 0 aliphatic carbocycles. The van der Waals surface area contributed by atoms with Crippen LogP contribution in [-0.2, 0) is 10.0 Å². The van der Waals surface area contributed by atoms with E-state index < -0.39 is 10.0 Å². The van der Waals surface area contributed by atoms with Crippen LogP contribution in [0.3, 0.4) is 0 Å². The van der Waals surface area contributed by atoms with Gasteiger partial charge in [0.2, 0.25) is 10.0 Å². The fraction of sp³-hybridized carbons (Fsp3) is 0.316. The molecule has 6 heteroatoms. The van der Waals surface area contributed by atoms with E-state index in [0.717, 1.165) is 29.7 Å². The van der Waals surface area contributed by atoms with Crippen molar-refractivity contribution < 1.29 is 13.2 Å². The van der Waals surface area contributed by atoms with E-state index in [1.807, 2.05) is 32.0 Å². The number of hydrogen-bond acceptors (Lipinski definition) is 3. The molecule has 0 atom stereocenters. The minimum absolute atomic E-state index is 0.234. The second kappa shape index (κ2) is 6.98. The average Bonchev–Trinajstić information content (AvgIpc) is 3.13. The lowest BCUT2D eigenvalue weighted by atomic mass is 10.1. The van der Waals surface area contributed by atoms with Crippen LogP contribution in [0.1, 0.15) is 34.3 Å². The highest BCUT2D eigenvalue weighted by Crippen LogP contribution is 2.22. The van der Waals surface area contributed by atoms with Crippen molar-refractivity contribution in [1.82, 2.24) is 4.31 Å². The Morgan fingerprint density at radius 3 is 2.24 bits per heavy atom. The molecule has 1 aliphatic rings. The molecule has 0 saturated carbocycles. The van der Waals surface area contributed by atoms with E-state index in [1.54, 1.807) is 12.1 Å². The molecule has 25 heavy (non-hydrogen) atoms. The van der Waals surface area contributed by atoms with Crippen LogP contribution in [0.5, 0.6) is 0 Å². The number of amides is 1. The van der Waals surface area contributed by atoms with Crippen molar-refractivity contribution in [3.63, 3.8) is 0 Å². The molecule has 3 rings (SSSR count). The predicted octanol–water partition coefficient (Wildman–Crippen LogP) is 3.34. The Morgan fingerprint density at radius 1 is 1.00 bits per heavy atom. The molecule has 5 nitrogen and oxygen atoms in total. The third-order valence-corrected chi connectivity index (χ3v) is 6.36. The predicted molar refractivity (Wildman–Crippen MR) is 98.3 cm³/mol. The van der Waals surface area contributed by atoms with Gasteiger partial charge in [-0.3, -0.25) is 4.79 Å². The quantitative estimate of drug-likeness (QED) is 0.911. The topological polar surface area (TPSA) is 66.5 Å². The zero-order chi connectivity index (χ0) is 18.0. The summed E-state index contributed by atoms with van der Waals surface area (Å²) < 4.78 is 26.5. The highest BCUT2D eigenvalue weighted by atomic mass is 32.2. The zero-order valence-electron chi connectivity index (χ0n) is 14.5. The van der Waals surface area contributed by atoms with Crippen LogP contribution in [0.2, 0.25) is 0 Å². The molecule has 2 aromatic carbocycles. The molecule has 1 N–H and O–H groups in total. The Balaban J connectivity index is 1.76. The molecular formula is C19H22N2O3S. The summed E-state index contributed by atoms with van der Waals surface area (Å²) >= 11 is 0. The number of rotatable bonds is 4. The van der Waals surface area contributed by atoms with Crippen molar-refractivity contribution in [2.45, 2.75) is 31.6 Å². The minimum atomic E-state index is -3.45.